The van der Waals surface area contributed by atoms with Gasteiger partial charge in [0.2, 0.25) is 0 Å². The molecular formula is C15H17N5O3. The molecule has 1 aromatic heterocycles. The molecule has 0 spiro atoms. The monoisotopic (exact) mass is 315 g/mol. The van der Waals surface area contributed by atoms with E-state index in [4.69, 9.17) is 0 Å². The lowest BCUT2D eigenvalue weighted by molar-refractivity contribution is -0.384. The summed E-state index contributed by atoms with van der Waals surface area (Å²) in [5.74, 6) is -0.0817. The maximum atomic E-state index is 12.2. The highest BCUT2D eigenvalue weighted by Crippen LogP contribution is 2.25. The number of rotatable bonds is 5. The van der Waals surface area contributed by atoms with Crippen LogP contribution in [-0.2, 0) is 0 Å². The molecule has 0 aliphatic heterocycles. The second-order valence-corrected chi connectivity index (χ2v) is 4.99. The number of amides is 1. The molecule has 23 heavy (non-hydrogen) atoms. The molecule has 0 unspecified atom stereocenters. The van der Waals surface area contributed by atoms with E-state index in [9.17, 15) is 14.9 Å². The van der Waals surface area contributed by atoms with Gasteiger partial charge >= 0.3 is 0 Å². The van der Waals surface area contributed by atoms with Gasteiger partial charge in [0.1, 0.15) is 11.5 Å². The zero-order valence-electron chi connectivity index (χ0n) is 13.0. The molecule has 0 saturated carbocycles. The number of nitrogens with zero attached hydrogens (tertiary/aromatic N) is 3. The van der Waals surface area contributed by atoms with Crippen molar-refractivity contribution in [2.75, 3.05) is 36.7 Å². The minimum Gasteiger partial charge on any atom is -0.383 e. The van der Waals surface area contributed by atoms with Crippen LogP contribution in [0.2, 0.25) is 0 Å². The Morgan fingerprint density at radius 3 is 2.52 bits per heavy atom. The minimum absolute atomic E-state index is 0.156. The van der Waals surface area contributed by atoms with Crippen LogP contribution in [-0.4, -0.2) is 37.0 Å². The van der Waals surface area contributed by atoms with Gasteiger partial charge in [0, 0.05) is 32.8 Å². The van der Waals surface area contributed by atoms with Gasteiger partial charge in [0.05, 0.1) is 16.8 Å². The second-order valence-electron chi connectivity index (χ2n) is 4.99. The first kappa shape index (κ1) is 16.2. The Balaban J connectivity index is 2.20. The summed E-state index contributed by atoms with van der Waals surface area (Å²) in [6.07, 6.45) is 1.63. The largest absolute Gasteiger partial charge is 0.383 e. The van der Waals surface area contributed by atoms with Crippen LogP contribution in [0.15, 0.2) is 36.5 Å². The quantitative estimate of drug-likeness (QED) is 0.649. The zero-order chi connectivity index (χ0) is 17.0. The van der Waals surface area contributed by atoms with Crippen molar-refractivity contribution < 1.29 is 9.72 Å². The van der Waals surface area contributed by atoms with E-state index < -0.39 is 10.8 Å². The molecule has 1 heterocycles. The van der Waals surface area contributed by atoms with Gasteiger partial charge in [-0.3, -0.25) is 14.9 Å². The average molecular weight is 315 g/mol. The number of hydrogen-bond acceptors (Lipinski definition) is 6. The molecular weight excluding hydrogens is 298 g/mol. The summed E-state index contributed by atoms with van der Waals surface area (Å²) in [4.78, 5) is 28.7. The van der Waals surface area contributed by atoms with Crippen LogP contribution in [0.25, 0.3) is 0 Å². The van der Waals surface area contributed by atoms with Crippen molar-refractivity contribution in [3.8, 4) is 0 Å². The molecule has 120 valence electrons. The maximum absolute atomic E-state index is 12.2. The van der Waals surface area contributed by atoms with E-state index in [1.165, 1.54) is 18.2 Å². The number of carbonyl (C=O) groups excluding carboxylic acids is 1. The van der Waals surface area contributed by atoms with Crippen LogP contribution in [0.4, 0.5) is 22.9 Å². The summed E-state index contributed by atoms with van der Waals surface area (Å²) in [6, 6.07) is 7.73. The third-order valence-corrected chi connectivity index (χ3v) is 3.23. The summed E-state index contributed by atoms with van der Waals surface area (Å²) < 4.78 is 0. The molecule has 0 bridgehead atoms. The highest BCUT2D eigenvalue weighted by molar-refractivity contribution is 6.04. The van der Waals surface area contributed by atoms with Gasteiger partial charge in [-0.15, -0.1) is 0 Å². The van der Waals surface area contributed by atoms with E-state index in [0.29, 0.717) is 11.5 Å². The van der Waals surface area contributed by atoms with Gasteiger partial charge in [-0.25, -0.2) is 4.98 Å². The van der Waals surface area contributed by atoms with Crippen LogP contribution >= 0.6 is 0 Å². The molecule has 1 amide bonds. The third kappa shape index (κ3) is 3.73. The van der Waals surface area contributed by atoms with Crippen molar-refractivity contribution in [1.29, 1.82) is 0 Å². The van der Waals surface area contributed by atoms with Crippen LogP contribution in [0, 0.1) is 10.1 Å². The summed E-state index contributed by atoms with van der Waals surface area (Å²) in [5.41, 5.74) is 1.28. The number of nitrogens with one attached hydrogen (secondary N) is 2. The molecule has 0 radical (unpaired) electrons. The fourth-order valence-electron chi connectivity index (χ4n) is 1.95. The molecule has 0 saturated heterocycles. The minimum atomic E-state index is -0.535. The maximum Gasteiger partial charge on any atom is 0.293 e. The first-order valence-corrected chi connectivity index (χ1v) is 6.83. The lowest BCUT2D eigenvalue weighted by Gasteiger charge is -2.12. The van der Waals surface area contributed by atoms with Crippen molar-refractivity contribution in [3.05, 3.63) is 52.2 Å². The molecule has 0 aliphatic rings. The SMILES string of the molecule is CNc1ccc(C(=O)Nc2ccc(N(C)C)cn2)cc1[N+](=O)[O-]. The Labute approximate surface area is 133 Å². The van der Waals surface area contributed by atoms with Crippen molar-refractivity contribution in [1.82, 2.24) is 4.98 Å². The number of benzene rings is 1. The fourth-order valence-corrected chi connectivity index (χ4v) is 1.95. The molecule has 8 heteroatoms. The first-order chi connectivity index (χ1) is 10.9. The Morgan fingerprint density at radius 1 is 1.26 bits per heavy atom. The number of nitro benzene ring substituents is 1. The number of hydrogen-bond donors (Lipinski definition) is 2. The van der Waals surface area contributed by atoms with E-state index in [1.807, 2.05) is 25.1 Å². The smallest absolute Gasteiger partial charge is 0.293 e. The average Bonchev–Trinajstić information content (AvgIpc) is 2.54. The molecule has 2 N–H and O–H groups in total. The first-order valence-electron chi connectivity index (χ1n) is 6.83. The number of anilines is 3. The predicted molar refractivity (Wildman–Crippen MR) is 89.2 cm³/mol. The summed E-state index contributed by atoms with van der Waals surface area (Å²) >= 11 is 0. The van der Waals surface area contributed by atoms with Crippen LogP contribution < -0.4 is 15.5 Å². The van der Waals surface area contributed by atoms with Crippen molar-refractivity contribution in [2.24, 2.45) is 0 Å². The molecule has 8 nitrogen and oxygen atoms in total. The van der Waals surface area contributed by atoms with Crippen LogP contribution in [0.5, 0.6) is 0 Å². The number of aromatic nitrogens is 1. The normalized spacial score (nSPS) is 10.0. The van der Waals surface area contributed by atoms with E-state index in [1.54, 1.807) is 19.3 Å². The highest BCUT2D eigenvalue weighted by Gasteiger charge is 2.17. The Morgan fingerprint density at radius 2 is 2.00 bits per heavy atom. The lowest BCUT2D eigenvalue weighted by atomic mass is 10.1. The topological polar surface area (TPSA) is 100 Å². The second kappa shape index (κ2) is 6.73. The van der Waals surface area contributed by atoms with Gasteiger partial charge in [0.15, 0.2) is 0 Å². The van der Waals surface area contributed by atoms with Crippen LogP contribution in [0.1, 0.15) is 10.4 Å². The molecule has 0 fully saturated rings. The van der Waals surface area contributed by atoms with Crippen molar-refractivity contribution >= 4 is 28.8 Å². The molecule has 0 aliphatic carbocycles. The van der Waals surface area contributed by atoms with Crippen molar-refractivity contribution in [3.63, 3.8) is 0 Å². The summed E-state index contributed by atoms with van der Waals surface area (Å²) in [5, 5.41) is 16.4. The fraction of sp³-hybridized carbons (Fsp3) is 0.200. The summed E-state index contributed by atoms with van der Waals surface area (Å²) in [6.45, 7) is 0. The Hall–Kier alpha value is -3.16. The predicted octanol–water partition coefficient (Wildman–Crippen LogP) is 2.35. The zero-order valence-corrected chi connectivity index (χ0v) is 13.0. The van der Waals surface area contributed by atoms with E-state index >= 15 is 0 Å². The Bertz CT molecular complexity index is 728. The van der Waals surface area contributed by atoms with Crippen molar-refractivity contribution in [2.45, 2.75) is 0 Å². The van der Waals surface area contributed by atoms with E-state index in [-0.39, 0.29) is 11.3 Å². The number of nitro groups is 1. The lowest BCUT2D eigenvalue weighted by Crippen LogP contribution is -2.14. The molecule has 0 atom stereocenters. The van der Waals surface area contributed by atoms with Crippen LogP contribution in [0.3, 0.4) is 0 Å². The standard InChI is InChI=1S/C15H17N5O3/c1-16-12-6-4-10(8-13(12)20(22)23)15(21)18-14-7-5-11(9-17-14)19(2)3/h4-9,16H,1-3H3,(H,17,18,21). The summed E-state index contributed by atoms with van der Waals surface area (Å²) in [7, 11) is 5.35. The van der Waals surface area contributed by atoms with Gasteiger partial charge in [0.25, 0.3) is 11.6 Å². The van der Waals surface area contributed by atoms with Gasteiger partial charge < -0.3 is 15.5 Å². The molecule has 2 aromatic rings. The van der Waals surface area contributed by atoms with E-state index in [0.717, 1.165) is 5.69 Å². The molecule has 2 rings (SSSR count). The van der Waals surface area contributed by atoms with Gasteiger partial charge in [-0.2, -0.15) is 0 Å². The van der Waals surface area contributed by atoms with Gasteiger partial charge in [-0.05, 0) is 24.3 Å². The Kier molecular flexibility index (Phi) is 4.75. The highest BCUT2D eigenvalue weighted by atomic mass is 16.6. The number of pyridine rings is 1. The number of carbonyl (C=O) groups is 1. The third-order valence-electron chi connectivity index (χ3n) is 3.23. The van der Waals surface area contributed by atoms with E-state index in [2.05, 4.69) is 15.6 Å². The molecule has 1 aromatic carbocycles. The van der Waals surface area contributed by atoms with Gasteiger partial charge in [-0.1, -0.05) is 0 Å².